The first-order valence-corrected chi connectivity index (χ1v) is 8.94. The van der Waals surface area contributed by atoms with Gasteiger partial charge in [-0.3, -0.25) is 9.59 Å². The van der Waals surface area contributed by atoms with Gasteiger partial charge in [0.25, 0.3) is 5.91 Å². The Morgan fingerprint density at radius 2 is 2.23 bits per heavy atom. The van der Waals surface area contributed by atoms with Crippen LogP contribution in [0.3, 0.4) is 0 Å². The van der Waals surface area contributed by atoms with E-state index in [0.29, 0.717) is 23.8 Å². The predicted octanol–water partition coefficient (Wildman–Crippen LogP) is 2.08. The largest absolute Gasteiger partial charge is 0.381 e. The number of aromatic nitrogens is 2. The molecule has 2 aromatic rings. The highest BCUT2D eigenvalue weighted by Crippen LogP contribution is 2.29. The minimum Gasteiger partial charge on any atom is -0.381 e. The zero-order valence-corrected chi connectivity index (χ0v) is 14.8. The van der Waals surface area contributed by atoms with Gasteiger partial charge >= 0.3 is 0 Å². The molecule has 3 heterocycles. The summed E-state index contributed by atoms with van der Waals surface area (Å²) in [7, 11) is 0. The van der Waals surface area contributed by atoms with Crippen molar-refractivity contribution in [3.63, 3.8) is 0 Å². The molecule has 0 saturated carbocycles. The van der Waals surface area contributed by atoms with E-state index in [1.807, 2.05) is 16.8 Å². The van der Waals surface area contributed by atoms with Crippen molar-refractivity contribution in [2.24, 2.45) is 5.92 Å². The van der Waals surface area contributed by atoms with Crippen LogP contribution in [0.15, 0.2) is 30.5 Å². The summed E-state index contributed by atoms with van der Waals surface area (Å²) in [6.45, 7) is 4.50. The fraction of sp³-hybridized carbons (Fsp3) is 0.421. The zero-order valence-electron chi connectivity index (χ0n) is 14.8. The molecular weight excluding hydrogens is 332 g/mol. The summed E-state index contributed by atoms with van der Waals surface area (Å²) in [5, 5.41) is 7.26. The fourth-order valence-electron chi connectivity index (χ4n) is 3.61. The van der Waals surface area contributed by atoms with Crippen molar-refractivity contribution in [2.45, 2.75) is 26.3 Å². The zero-order chi connectivity index (χ0) is 18.1. The van der Waals surface area contributed by atoms with E-state index in [1.165, 1.54) is 0 Å². The lowest BCUT2D eigenvalue weighted by molar-refractivity contribution is -0.116. The summed E-state index contributed by atoms with van der Waals surface area (Å²) >= 11 is 0. The van der Waals surface area contributed by atoms with Crippen LogP contribution in [0.5, 0.6) is 0 Å². The topological polar surface area (TPSA) is 76.5 Å². The van der Waals surface area contributed by atoms with E-state index in [-0.39, 0.29) is 11.8 Å². The van der Waals surface area contributed by atoms with Gasteiger partial charge in [0.1, 0.15) is 5.82 Å². The number of carbonyl (C=O) groups is 2. The lowest BCUT2D eigenvalue weighted by atomic mass is 10.1. The number of amides is 2. The van der Waals surface area contributed by atoms with Crippen LogP contribution in [0, 0.1) is 5.92 Å². The average molecular weight is 354 g/mol. The summed E-state index contributed by atoms with van der Waals surface area (Å²) in [6.07, 6.45) is 3.49. The van der Waals surface area contributed by atoms with Gasteiger partial charge in [0.05, 0.1) is 12.8 Å². The highest BCUT2D eigenvalue weighted by Gasteiger charge is 2.23. The second-order valence-corrected chi connectivity index (χ2v) is 6.85. The van der Waals surface area contributed by atoms with Gasteiger partial charge in [-0.15, -0.1) is 0 Å². The highest BCUT2D eigenvalue weighted by molar-refractivity contribution is 6.04. The lowest BCUT2D eigenvalue weighted by Crippen LogP contribution is -2.25. The number of rotatable bonds is 4. The van der Waals surface area contributed by atoms with Crippen molar-refractivity contribution in [2.75, 3.05) is 30.0 Å². The van der Waals surface area contributed by atoms with Crippen molar-refractivity contribution in [1.82, 2.24) is 9.78 Å². The summed E-state index contributed by atoms with van der Waals surface area (Å²) in [6, 6.07) is 7.30. The molecule has 136 valence electrons. The Balaban J connectivity index is 1.48. The molecule has 1 saturated heterocycles. The average Bonchev–Trinajstić information content (AvgIpc) is 3.36. The number of fused-ring (bicyclic) bond motifs is 1. The number of carbonyl (C=O) groups excluding carboxylic acids is 2. The van der Waals surface area contributed by atoms with E-state index in [9.17, 15) is 9.59 Å². The Kier molecular flexibility index (Phi) is 4.46. The standard InChI is InChI=1S/C19H22N4O3/c1-13(24)22-8-5-15-10-16(2-3-17(15)22)19(25)21-18-4-7-20-23(18)11-14-6-9-26-12-14/h2-4,7,10,14H,5-6,8-9,11-12H2,1H3,(H,21,25). The van der Waals surface area contributed by atoms with Gasteiger partial charge in [-0.2, -0.15) is 5.10 Å². The second kappa shape index (κ2) is 6.92. The molecule has 1 aromatic heterocycles. The molecular formula is C19H22N4O3. The highest BCUT2D eigenvalue weighted by atomic mass is 16.5. The smallest absolute Gasteiger partial charge is 0.256 e. The van der Waals surface area contributed by atoms with E-state index >= 15 is 0 Å². The molecule has 2 amide bonds. The number of ether oxygens (including phenoxy) is 1. The molecule has 7 heteroatoms. The van der Waals surface area contributed by atoms with E-state index < -0.39 is 0 Å². The SMILES string of the molecule is CC(=O)N1CCc2cc(C(=O)Nc3ccnn3CC3CCOC3)ccc21. The Morgan fingerprint density at radius 1 is 1.35 bits per heavy atom. The third kappa shape index (κ3) is 3.22. The molecule has 7 nitrogen and oxygen atoms in total. The van der Waals surface area contributed by atoms with Gasteiger partial charge in [-0.25, -0.2) is 4.68 Å². The van der Waals surface area contributed by atoms with Crippen molar-refractivity contribution < 1.29 is 14.3 Å². The van der Waals surface area contributed by atoms with Crippen LogP contribution in [0.1, 0.15) is 29.3 Å². The molecule has 2 aliphatic rings. The van der Waals surface area contributed by atoms with Crippen LogP contribution >= 0.6 is 0 Å². The first-order chi connectivity index (χ1) is 12.6. The second-order valence-electron chi connectivity index (χ2n) is 6.85. The van der Waals surface area contributed by atoms with Crippen LogP contribution in [0.25, 0.3) is 0 Å². The maximum atomic E-state index is 12.7. The molecule has 0 spiro atoms. The fourth-order valence-corrected chi connectivity index (χ4v) is 3.61. The first-order valence-electron chi connectivity index (χ1n) is 8.94. The molecule has 1 unspecified atom stereocenters. The molecule has 1 aromatic carbocycles. The number of hydrogen-bond acceptors (Lipinski definition) is 4. The van der Waals surface area contributed by atoms with Gasteiger partial charge in [-0.1, -0.05) is 0 Å². The number of anilines is 2. The summed E-state index contributed by atoms with van der Waals surface area (Å²) in [5.41, 5.74) is 2.52. The maximum Gasteiger partial charge on any atom is 0.256 e. The van der Waals surface area contributed by atoms with Crippen molar-refractivity contribution in [1.29, 1.82) is 0 Å². The molecule has 1 N–H and O–H groups in total. The molecule has 4 rings (SSSR count). The number of nitrogens with one attached hydrogen (secondary N) is 1. The van der Waals surface area contributed by atoms with Crippen LogP contribution in [-0.4, -0.2) is 41.4 Å². The van der Waals surface area contributed by atoms with Gasteiger partial charge in [0.15, 0.2) is 0 Å². The normalized spacial score (nSPS) is 18.8. The number of nitrogens with zero attached hydrogens (tertiary/aromatic N) is 3. The summed E-state index contributed by atoms with van der Waals surface area (Å²) < 4.78 is 7.23. The molecule has 0 radical (unpaired) electrons. The van der Waals surface area contributed by atoms with E-state index in [2.05, 4.69) is 10.4 Å². The van der Waals surface area contributed by atoms with E-state index in [4.69, 9.17) is 4.74 Å². The van der Waals surface area contributed by atoms with E-state index in [1.54, 1.807) is 30.2 Å². The maximum absolute atomic E-state index is 12.7. The Morgan fingerprint density at radius 3 is 3.00 bits per heavy atom. The minimum absolute atomic E-state index is 0.0285. The minimum atomic E-state index is -0.168. The summed E-state index contributed by atoms with van der Waals surface area (Å²) in [4.78, 5) is 26.1. The van der Waals surface area contributed by atoms with Gasteiger partial charge in [0, 0.05) is 49.9 Å². The van der Waals surface area contributed by atoms with Crippen LogP contribution in [-0.2, 0) is 22.5 Å². The Bertz CT molecular complexity index is 839. The molecule has 0 bridgehead atoms. The van der Waals surface area contributed by atoms with Gasteiger partial charge in [-0.05, 0) is 36.6 Å². The lowest BCUT2D eigenvalue weighted by Gasteiger charge is -2.15. The van der Waals surface area contributed by atoms with Crippen molar-refractivity contribution in [3.8, 4) is 0 Å². The Hall–Kier alpha value is -2.67. The van der Waals surface area contributed by atoms with Crippen molar-refractivity contribution in [3.05, 3.63) is 41.6 Å². The molecule has 26 heavy (non-hydrogen) atoms. The van der Waals surface area contributed by atoms with Crippen LogP contribution in [0.4, 0.5) is 11.5 Å². The quantitative estimate of drug-likeness (QED) is 0.912. The van der Waals surface area contributed by atoms with Crippen LogP contribution < -0.4 is 10.2 Å². The monoisotopic (exact) mass is 354 g/mol. The first kappa shape index (κ1) is 16.8. The van der Waals surface area contributed by atoms with Crippen molar-refractivity contribution >= 4 is 23.3 Å². The Labute approximate surface area is 151 Å². The third-order valence-electron chi connectivity index (χ3n) is 5.03. The molecule has 0 aliphatic carbocycles. The van der Waals surface area contributed by atoms with E-state index in [0.717, 1.165) is 43.9 Å². The summed E-state index contributed by atoms with van der Waals surface area (Å²) in [5.74, 6) is 0.982. The number of benzene rings is 1. The molecule has 1 fully saturated rings. The van der Waals surface area contributed by atoms with Gasteiger partial charge in [0.2, 0.25) is 5.91 Å². The third-order valence-corrected chi connectivity index (χ3v) is 5.03. The molecule has 2 aliphatic heterocycles. The number of hydrogen-bond donors (Lipinski definition) is 1. The van der Waals surface area contributed by atoms with Gasteiger partial charge < -0.3 is 15.0 Å². The van der Waals surface area contributed by atoms with Crippen LogP contribution in [0.2, 0.25) is 0 Å². The predicted molar refractivity (Wildman–Crippen MR) is 97.3 cm³/mol. The molecule has 1 atom stereocenters.